The minimum absolute atomic E-state index is 0.217. The summed E-state index contributed by atoms with van der Waals surface area (Å²) in [6, 6.07) is 11.6. The molecule has 2 nitrogen and oxygen atoms in total. The lowest BCUT2D eigenvalue weighted by molar-refractivity contribution is 0.104. The van der Waals surface area contributed by atoms with E-state index < -0.39 is 0 Å². The molecule has 3 unspecified atom stereocenters. The molecule has 1 aliphatic heterocycles. The normalized spacial score (nSPS) is 24.4. The minimum Gasteiger partial charge on any atom is -0.327 e. The summed E-state index contributed by atoms with van der Waals surface area (Å²) in [6.07, 6.45) is 1.25. The number of hydrogen-bond donors (Lipinski definition) is 1. The largest absolute Gasteiger partial charge is 0.327 e. The summed E-state index contributed by atoms with van der Waals surface area (Å²) >= 11 is 0. The molecule has 2 N–H and O–H groups in total. The molecule has 0 amide bonds. The molecular formula is C17H28N2. The maximum atomic E-state index is 6.25. The standard InChI is InChI=1S/C17H28N2/c1-13(18)16(17(2,3)4)19-11-10-15(12-19)14-8-6-5-7-9-14/h5-9,13,15-16H,10-12,18H2,1-4H3. The summed E-state index contributed by atoms with van der Waals surface area (Å²) in [7, 11) is 0. The minimum atomic E-state index is 0.217. The van der Waals surface area contributed by atoms with Gasteiger partial charge in [-0.05, 0) is 36.8 Å². The van der Waals surface area contributed by atoms with Gasteiger partial charge in [0.05, 0.1) is 0 Å². The fourth-order valence-electron chi connectivity index (χ4n) is 3.71. The maximum absolute atomic E-state index is 6.25. The van der Waals surface area contributed by atoms with Gasteiger partial charge in [-0.2, -0.15) is 0 Å². The topological polar surface area (TPSA) is 29.3 Å². The fourth-order valence-corrected chi connectivity index (χ4v) is 3.71. The van der Waals surface area contributed by atoms with Crippen LogP contribution in [0.4, 0.5) is 0 Å². The van der Waals surface area contributed by atoms with Crippen molar-refractivity contribution in [3.63, 3.8) is 0 Å². The predicted molar refractivity (Wildman–Crippen MR) is 82.3 cm³/mol. The molecule has 106 valence electrons. The van der Waals surface area contributed by atoms with Gasteiger partial charge in [-0.1, -0.05) is 51.1 Å². The second-order valence-corrected chi connectivity index (χ2v) is 7.06. The summed E-state index contributed by atoms with van der Waals surface area (Å²) < 4.78 is 0. The van der Waals surface area contributed by atoms with E-state index in [4.69, 9.17) is 5.73 Å². The fraction of sp³-hybridized carbons (Fsp3) is 0.647. The van der Waals surface area contributed by atoms with Crippen LogP contribution < -0.4 is 5.73 Å². The molecule has 0 saturated carbocycles. The average molecular weight is 260 g/mol. The molecule has 0 spiro atoms. The van der Waals surface area contributed by atoms with Crippen molar-refractivity contribution in [1.82, 2.24) is 4.90 Å². The van der Waals surface area contributed by atoms with Crippen molar-refractivity contribution in [3.05, 3.63) is 35.9 Å². The Bertz CT molecular complexity index is 391. The number of nitrogens with two attached hydrogens (primary N) is 1. The van der Waals surface area contributed by atoms with E-state index in [0.29, 0.717) is 12.0 Å². The number of likely N-dealkylation sites (tertiary alicyclic amines) is 1. The zero-order valence-corrected chi connectivity index (χ0v) is 12.8. The van der Waals surface area contributed by atoms with Crippen LogP contribution in [0.25, 0.3) is 0 Å². The Hall–Kier alpha value is -0.860. The van der Waals surface area contributed by atoms with Gasteiger partial charge in [-0.15, -0.1) is 0 Å². The SMILES string of the molecule is CC(N)C(N1CCC(c2ccccc2)C1)C(C)(C)C. The van der Waals surface area contributed by atoms with E-state index in [1.807, 2.05) is 0 Å². The third kappa shape index (κ3) is 3.37. The zero-order valence-electron chi connectivity index (χ0n) is 12.8. The predicted octanol–water partition coefficient (Wildman–Crippen LogP) is 3.24. The van der Waals surface area contributed by atoms with Crippen molar-refractivity contribution in [2.24, 2.45) is 11.1 Å². The number of nitrogens with zero attached hydrogens (tertiary/aromatic N) is 1. The molecule has 0 radical (unpaired) electrons. The second-order valence-electron chi connectivity index (χ2n) is 7.06. The molecule has 1 aliphatic rings. The van der Waals surface area contributed by atoms with Crippen molar-refractivity contribution in [1.29, 1.82) is 0 Å². The van der Waals surface area contributed by atoms with Crippen LogP contribution in [0.1, 0.15) is 45.6 Å². The number of benzene rings is 1. The van der Waals surface area contributed by atoms with Gasteiger partial charge in [0.25, 0.3) is 0 Å². The van der Waals surface area contributed by atoms with Gasteiger partial charge in [0.2, 0.25) is 0 Å². The Balaban J connectivity index is 2.09. The van der Waals surface area contributed by atoms with Crippen LogP contribution in [0.15, 0.2) is 30.3 Å². The molecule has 1 aromatic carbocycles. The Morgan fingerprint density at radius 3 is 2.37 bits per heavy atom. The molecule has 1 fully saturated rings. The highest BCUT2D eigenvalue weighted by molar-refractivity contribution is 5.21. The highest BCUT2D eigenvalue weighted by Gasteiger charge is 2.37. The second kappa shape index (κ2) is 5.64. The molecule has 1 heterocycles. The van der Waals surface area contributed by atoms with Gasteiger partial charge in [0.15, 0.2) is 0 Å². The van der Waals surface area contributed by atoms with Crippen molar-refractivity contribution in [2.45, 2.75) is 52.1 Å². The molecule has 0 aliphatic carbocycles. The van der Waals surface area contributed by atoms with Crippen LogP contribution in [0.2, 0.25) is 0 Å². The quantitative estimate of drug-likeness (QED) is 0.904. The average Bonchev–Trinajstić information content (AvgIpc) is 2.77. The summed E-state index contributed by atoms with van der Waals surface area (Å²) in [6.45, 7) is 11.4. The Morgan fingerprint density at radius 1 is 1.21 bits per heavy atom. The maximum Gasteiger partial charge on any atom is 0.0293 e. The third-order valence-corrected chi connectivity index (χ3v) is 4.27. The zero-order chi connectivity index (χ0) is 14.0. The van der Waals surface area contributed by atoms with E-state index in [2.05, 4.69) is 62.9 Å². The van der Waals surface area contributed by atoms with Crippen molar-refractivity contribution in [3.8, 4) is 0 Å². The summed E-state index contributed by atoms with van der Waals surface area (Å²) in [5, 5.41) is 0. The monoisotopic (exact) mass is 260 g/mol. The van der Waals surface area contributed by atoms with Crippen LogP contribution in [0, 0.1) is 5.41 Å². The van der Waals surface area contributed by atoms with Gasteiger partial charge >= 0.3 is 0 Å². The molecular weight excluding hydrogens is 232 g/mol. The first-order valence-corrected chi connectivity index (χ1v) is 7.44. The van der Waals surface area contributed by atoms with Gasteiger partial charge < -0.3 is 5.73 Å². The first-order valence-electron chi connectivity index (χ1n) is 7.44. The Morgan fingerprint density at radius 2 is 1.84 bits per heavy atom. The van der Waals surface area contributed by atoms with E-state index in [1.54, 1.807) is 0 Å². The highest BCUT2D eigenvalue weighted by Crippen LogP contribution is 2.34. The summed E-state index contributed by atoms with van der Waals surface area (Å²) in [5.74, 6) is 0.671. The molecule has 1 saturated heterocycles. The van der Waals surface area contributed by atoms with E-state index in [1.165, 1.54) is 18.5 Å². The van der Waals surface area contributed by atoms with Crippen LogP contribution in [0.5, 0.6) is 0 Å². The molecule has 0 bridgehead atoms. The third-order valence-electron chi connectivity index (χ3n) is 4.27. The van der Waals surface area contributed by atoms with E-state index in [9.17, 15) is 0 Å². The number of hydrogen-bond acceptors (Lipinski definition) is 2. The van der Waals surface area contributed by atoms with Gasteiger partial charge in [-0.25, -0.2) is 0 Å². The van der Waals surface area contributed by atoms with Crippen LogP contribution >= 0.6 is 0 Å². The molecule has 19 heavy (non-hydrogen) atoms. The van der Waals surface area contributed by atoms with Crippen molar-refractivity contribution < 1.29 is 0 Å². The van der Waals surface area contributed by atoms with E-state index >= 15 is 0 Å². The first-order chi connectivity index (χ1) is 8.89. The van der Waals surface area contributed by atoms with Crippen molar-refractivity contribution in [2.75, 3.05) is 13.1 Å². The van der Waals surface area contributed by atoms with Crippen molar-refractivity contribution >= 4 is 0 Å². The smallest absolute Gasteiger partial charge is 0.0293 e. The van der Waals surface area contributed by atoms with Gasteiger partial charge in [0, 0.05) is 18.6 Å². The molecule has 0 aromatic heterocycles. The van der Waals surface area contributed by atoms with E-state index in [0.717, 1.165) is 6.54 Å². The van der Waals surface area contributed by atoms with Crippen LogP contribution in [-0.2, 0) is 0 Å². The van der Waals surface area contributed by atoms with Crippen LogP contribution in [0.3, 0.4) is 0 Å². The highest BCUT2D eigenvalue weighted by atomic mass is 15.2. The summed E-state index contributed by atoms with van der Waals surface area (Å²) in [4.78, 5) is 2.60. The lowest BCUT2D eigenvalue weighted by Gasteiger charge is -2.40. The molecule has 2 rings (SSSR count). The molecule has 2 heteroatoms. The lowest BCUT2D eigenvalue weighted by Crippen LogP contribution is -2.52. The Kier molecular flexibility index (Phi) is 4.32. The van der Waals surface area contributed by atoms with Gasteiger partial charge in [-0.3, -0.25) is 4.90 Å². The Labute approximate surface area is 118 Å². The molecule has 1 aromatic rings. The van der Waals surface area contributed by atoms with Crippen LogP contribution in [-0.4, -0.2) is 30.1 Å². The molecule has 3 atom stereocenters. The lowest BCUT2D eigenvalue weighted by atomic mass is 9.82. The first kappa shape index (κ1) is 14.5. The number of rotatable bonds is 3. The van der Waals surface area contributed by atoms with Gasteiger partial charge in [0.1, 0.15) is 0 Å². The van der Waals surface area contributed by atoms with E-state index in [-0.39, 0.29) is 11.5 Å². The summed E-state index contributed by atoms with van der Waals surface area (Å²) in [5.41, 5.74) is 7.96.